The van der Waals surface area contributed by atoms with Crippen LogP contribution in [-0.2, 0) is 0 Å². The van der Waals surface area contributed by atoms with E-state index in [0.29, 0.717) is 5.69 Å². The summed E-state index contributed by atoms with van der Waals surface area (Å²) in [5.74, 6) is 0.0137. The Hall–Kier alpha value is -2.56. The molecule has 1 fully saturated rings. The summed E-state index contributed by atoms with van der Waals surface area (Å²) in [6.45, 7) is 3.88. The Morgan fingerprint density at radius 1 is 0.952 bits per heavy atom. The van der Waals surface area contributed by atoms with Crippen LogP contribution >= 0.6 is 0 Å². The first-order valence-electron chi connectivity index (χ1n) is 7.09. The molecule has 0 unspecified atom stereocenters. The molecule has 0 aliphatic carbocycles. The highest BCUT2D eigenvalue weighted by atomic mass is 15.3. The van der Waals surface area contributed by atoms with Gasteiger partial charge in [0.05, 0.1) is 0 Å². The van der Waals surface area contributed by atoms with Crippen LogP contribution in [0.3, 0.4) is 0 Å². The number of hydrogen-bond donors (Lipinski definition) is 2. The molecule has 0 amide bonds. The van der Waals surface area contributed by atoms with Gasteiger partial charge in [-0.1, -0.05) is 18.2 Å². The number of amidine groups is 1. The average Bonchev–Trinajstić information content (AvgIpc) is 2.56. The van der Waals surface area contributed by atoms with E-state index < -0.39 is 0 Å². The number of rotatable bonds is 3. The van der Waals surface area contributed by atoms with Gasteiger partial charge in [0.25, 0.3) is 0 Å². The third kappa shape index (κ3) is 2.97. The Morgan fingerprint density at radius 2 is 1.57 bits per heavy atom. The summed E-state index contributed by atoms with van der Waals surface area (Å²) in [7, 11) is 0. The van der Waals surface area contributed by atoms with Crippen molar-refractivity contribution in [2.24, 2.45) is 5.73 Å². The summed E-state index contributed by atoms with van der Waals surface area (Å²) in [6, 6.07) is 14.4. The first kappa shape index (κ1) is 13.4. The summed E-state index contributed by atoms with van der Waals surface area (Å²) in [4.78, 5) is 8.82. The van der Waals surface area contributed by atoms with Crippen LogP contribution in [0.25, 0.3) is 0 Å². The van der Waals surface area contributed by atoms with Gasteiger partial charge in [0, 0.05) is 43.8 Å². The minimum Gasteiger partial charge on any atom is -0.382 e. The molecule has 2 heterocycles. The van der Waals surface area contributed by atoms with E-state index in [-0.39, 0.29) is 5.84 Å². The molecule has 5 nitrogen and oxygen atoms in total. The lowest BCUT2D eigenvalue weighted by Gasteiger charge is -2.37. The highest BCUT2D eigenvalue weighted by Crippen LogP contribution is 2.20. The topological polar surface area (TPSA) is 69.2 Å². The normalized spacial score (nSPS) is 15.0. The summed E-state index contributed by atoms with van der Waals surface area (Å²) in [5.41, 5.74) is 8.40. The molecule has 21 heavy (non-hydrogen) atoms. The molecular weight excluding hydrogens is 262 g/mol. The van der Waals surface area contributed by atoms with Gasteiger partial charge in [0.15, 0.2) is 0 Å². The molecule has 1 saturated heterocycles. The van der Waals surface area contributed by atoms with Gasteiger partial charge in [-0.2, -0.15) is 0 Å². The summed E-state index contributed by atoms with van der Waals surface area (Å²) >= 11 is 0. The number of para-hydroxylation sites is 1. The van der Waals surface area contributed by atoms with Crippen LogP contribution in [0.4, 0.5) is 11.4 Å². The molecule has 0 atom stereocenters. The molecule has 0 spiro atoms. The van der Waals surface area contributed by atoms with Crippen LogP contribution in [0.1, 0.15) is 5.69 Å². The molecule has 108 valence electrons. The van der Waals surface area contributed by atoms with Crippen molar-refractivity contribution in [3.63, 3.8) is 0 Å². The first-order valence-corrected chi connectivity index (χ1v) is 7.09. The average molecular weight is 281 g/mol. The van der Waals surface area contributed by atoms with Gasteiger partial charge in [-0.05, 0) is 24.3 Å². The van der Waals surface area contributed by atoms with E-state index in [1.54, 1.807) is 6.20 Å². The fraction of sp³-hybridized carbons (Fsp3) is 0.250. The monoisotopic (exact) mass is 281 g/mol. The minimum absolute atomic E-state index is 0.0137. The molecular formula is C16H19N5. The number of pyridine rings is 1. The number of nitrogens with two attached hydrogens (primary N) is 1. The van der Waals surface area contributed by atoms with Crippen molar-refractivity contribution in [3.05, 3.63) is 54.4 Å². The van der Waals surface area contributed by atoms with E-state index in [4.69, 9.17) is 11.1 Å². The number of nitrogen functional groups attached to an aromatic ring is 1. The summed E-state index contributed by atoms with van der Waals surface area (Å²) < 4.78 is 0. The van der Waals surface area contributed by atoms with Crippen molar-refractivity contribution < 1.29 is 0 Å². The Labute approximate surface area is 124 Å². The SMILES string of the molecule is N=C(N)c1cc(N2CCN(c3ccccc3)CC2)ccn1. The zero-order chi connectivity index (χ0) is 14.7. The quantitative estimate of drug-likeness (QED) is 0.663. The van der Waals surface area contributed by atoms with Crippen LogP contribution in [0.5, 0.6) is 0 Å². The van der Waals surface area contributed by atoms with E-state index in [2.05, 4.69) is 39.0 Å². The van der Waals surface area contributed by atoms with Crippen molar-refractivity contribution in [1.29, 1.82) is 5.41 Å². The van der Waals surface area contributed by atoms with Gasteiger partial charge < -0.3 is 15.5 Å². The lowest BCUT2D eigenvalue weighted by atomic mass is 10.2. The van der Waals surface area contributed by atoms with Crippen molar-refractivity contribution in [1.82, 2.24) is 4.98 Å². The maximum atomic E-state index is 7.48. The van der Waals surface area contributed by atoms with Crippen molar-refractivity contribution >= 4 is 17.2 Å². The molecule has 1 aliphatic rings. The maximum absolute atomic E-state index is 7.48. The number of aromatic nitrogens is 1. The summed E-state index contributed by atoms with van der Waals surface area (Å²) in [6.07, 6.45) is 1.72. The van der Waals surface area contributed by atoms with E-state index >= 15 is 0 Å². The molecule has 2 aromatic rings. The lowest BCUT2D eigenvalue weighted by molar-refractivity contribution is 0.653. The standard InChI is InChI=1S/C16H19N5/c17-16(18)15-12-14(6-7-19-15)21-10-8-20(9-11-21)13-4-2-1-3-5-13/h1-7,12H,8-11H2,(H3,17,18). The van der Waals surface area contributed by atoms with Crippen molar-refractivity contribution in [3.8, 4) is 0 Å². The predicted molar refractivity (Wildman–Crippen MR) is 86.1 cm³/mol. The maximum Gasteiger partial charge on any atom is 0.141 e. The van der Waals surface area contributed by atoms with Gasteiger partial charge in [0.1, 0.15) is 11.5 Å². The van der Waals surface area contributed by atoms with Gasteiger partial charge in [-0.3, -0.25) is 10.4 Å². The fourth-order valence-corrected chi connectivity index (χ4v) is 2.63. The Balaban J connectivity index is 1.68. The second-order valence-corrected chi connectivity index (χ2v) is 5.12. The third-order valence-corrected chi connectivity index (χ3v) is 3.79. The molecule has 1 aromatic carbocycles. The number of hydrogen-bond acceptors (Lipinski definition) is 4. The molecule has 3 rings (SSSR count). The molecule has 0 radical (unpaired) electrons. The minimum atomic E-state index is 0.0137. The van der Waals surface area contributed by atoms with Gasteiger partial charge in [0.2, 0.25) is 0 Å². The van der Waals surface area contributed by atoms with E-state index in [1.165, 1.54) is 5.69 Å². The van der Waals surface area contributed by atoms with Crippen LogP contribution in [-0.4, -0.2) is 37.0 Å². The Morgan fingerprint density at radius 3 is 2.19 bits per heavy atom. The fourth-order valence-electron chi connectivity index (χ4n) is 2.63. The lowest BCUT2D eigenvalue weighted by Crippen LogP contribution is -2.46. The molecule has 1 aliphatic heterocycles. The van der Waals surface area contributed by atoms with Crippen LogP contribution < -0.4 is 15.5 Å². The zero-order valence-electron chi connectivity index (χ0n) is 11.9. The second kappa shape index (κ2) is 5.83. The number of anilines is 2. The molecule has 0 saturated carbocycles. The van der Waals surface area contributed by atoms with Gasteiger partial charge >= 0.3 is 0 Å². The second-order valence-electron chi connectivity index (χ2n) is 5.12. The highest BCUT2D eigenvalue weighted by molar-refractivity contribution is 5.93. The zero-order valence-corrected chi connectivity index (χ0v) is 11.9. The number of benzene rings is 1. The first-order chi connectivity index (χ1) is 10.2. The van der Waals surface area contributed by atoms with Gasteiger partial charge in [-0.15, -0.1) is 0 Å². The molecule has 0 bridgehead atoms. The molecule has 3 N–H and O–H groups in total. The third-order valence-electron chi connectivity index (χ3n) is 3.79. The predicted octanol–water partition coefficient (Wildman–Crippen LogP) is 1.69. The molecule has 5 heteroatoms. The smallest absolute Gasteiger partial charge is 0.141 e. The van der Waals surface area contributed by atoms with Crippen molar-refractivity contribution in [2.75, 3.05) is 36.0 Å². The Kier molecular flexibility index (Phi) is 3.73. The molecule has 1 aromatic heterocycles. The van der Waals surface area contributed by atoms with E-state index in [9.17, 15) is 0 Å². The summed E-state index contributed by atoms with van der Waals surface area (Å²) in [5, 5.41) is 7.48. The number of nitrogens with zero attached hydrogens (tertiary/aromatic N) is 3. The van der Waals surface area contributed by atoms with Gasteiger partial charge in [-0.25, -0.2) is 0 Å². The highest BCUT2D eigenvalue weighted by Gasteiger charge is 2.17. The van der Waals surface area contributed by atoms with Crippen molar-refractivity contribution in [2.45, 2.75) is 0 Å². The van der Waals surface area contributed by atoms with E-state index in [1.807, 2.05) is 18.2 Å². The van der Waals surface area contributed by atoms with Crippen LogP contribution in [0.2, 0.25) is 0 Å². The number of piperazine rings is 1. The number of nitrogens with one attached hydrogen (secondary N) is 1. The Bertz CT molecular complexity index is 618. The van der Waals surface area contributed by atoms with E-state index in [0.717, 1.165) is 31.9 Å². The van der Waals surface area contributed by atoms with Crippen LogP contribution in [0, 0.1) is 5.41 Å². The van der Waals surface area contributed by atoms with Crippen LogP contribution in [0.15, 0.2) is 48.7 Å². The largest absolute Gasteiger partial charge is 0.382 e.